The van der Waals surface area contributed by atoms with Crippen molar-refractivity contribution in [2.75, 3.05) is 5.32 Å². The summed E-state index contributed by atoms with van der Waals surface area (Å²) in [4.78, 5) is 12.5. The molecule has 1 amide bonds. The van der Waals surface area contributed by atoms with E-state index in [1.54, 1.807) is 12.1 Å². The standard InChI is InChI=1S/C22H23NO4S/c1-3-4-5-17-8-10-18(11-9-17)23-22(24)20-14-15-21(27-20)28(25,26)19-12-6-16(2)7-13-19/h6-15H,3-5H2,1-2H3,(H,23,24). The van der Waals surface area contributed by atoms with Crippen LogP contribution in [0.5, 0.6) is 0 Å². The average molecular weight is 397 g/mol. The molecular weight excluding hydrogens is 374 g/mol. The van der Waals surface area contributed by atoms with Crippen molar-refractivity contribution in [3.8, 4) is 0 Å². The van der Waals surface area contributed by atoms with Crippen molar-refractivity contribution in [1.82, 2.24) is 0 Å². The largest absolute Gasteiger partial charge is 0.439 e. The first-order valence-corrected chi connectivity index (χ1v) is 10.7. The summed E-state index contributed by atoms with van der Waals surface area (Å²) in [6.07, 6.45) is 3.25. The molecule has 3 rings (SSSR count). The van der Waals surface area contributed by atoms with Gasteiger partial charge in [0.25, 0.3) is 5.91 Å². The fourth-order valence-electron chi connectivity index (χ4n) is 2.75. The van der Waals surface area contributed by atoms with Crippen LogP contribution in [-0.4, -0.2) is 14.3 Å². The Bertz CT molecular complexity index is 1050. The number of nitrogens with one attached hydrogen (secondary N) is 1. The van der Waals surface area contributed by atoms with Gasteiger partial charge < -0.3 is 9.73 Å². The van der Waals surface area contributed by atoms with E-state index in [2.05, 4.69) is 12.2 Å². The normalized spacial score (nSPS) is 11.4. The van der Waals surface area contributed by atoms with Crippen LogP contribution in [0.15, 0.2) is 75.1 Å². The highest BCUT2D eigenvalue weighted by Gasteiger charge is 2.23. The van der Waals surface area contributed by atoms with Crippen LogP contribution in [0.1, 0.15) is 41.4 Å². The highest BCUT2D eigenvalue weighted by atomic mass is 32.2. The van der Waals surface area contributed by atoms with Crippen LogP contribution in [0.25, 0.3) is 0 Å². The molecule has 6 heteroatoms. The number of benzene rings is 2. The summed E-state index contributed by atoms with van der Waals surface area (Å²) in [5, 5.41) is 2.47. The Morgan fingerprint density at radius 2 is 1.64 bits per heavy atom. The first-order chi connectivity index (χ1) is 13.4. The Kier molecular flexibility index (Phi) is 5.99. The van der Waals surface area contributed by atoms with Crippen LogP contribution in [0.2, 0.25) is 0 Å². The fraction of sp³-hybridized carbons (Fsp3) is 0.227. The monoisotopic (exact) mass is 397 g/mol. The van der Waals surface area contributed by atoms with Gasteiger partial charge in [0.2, 0.25) is 14.9 Å². The second-order valence-electron chi connectivity index (χ2n) is 6.69. The average Bonchev–Trinajstić information content (AvgIpc) is 3.19. The molecule has 0 unspecified atom stereocenters. The van der Waals surface area contributed by atoms with Crippen molar-refractivity contribution >= 4 is 21.4 Å². The van der Waals surface area contributed by atoms with E-state index in [0.29, 0.717) is 5.69 Å². The van der Waals surface area contributed by atoms with Crippen molar-refractivity contribution in [2.24, 2.45) is 0 Å². The van der Waals surface area contributed by atoms with E-state index in [1.165, 1.54) is 29.8 Å². The number of sulfone groups is 1. The highest BCUT2D eigenvalue weighted by Crippen LogP contribution is 2.24. The Balaban J connectivity index is 1.72. The molecule has 28 heavy (non-hydrogen) atoms. The minimum Gasteiger partial charge on any atom is -0.439 e. The molecule has 1 N–H and O–H groups in total. The smallest absolute Gasteiger partial charge is 0.291 e. The van der Waals surface area contributed by atoms with Crippen molar-refractivity contribution in [3.63, 3.8) is 0 Å². The number of furan rings is 1. The summed E-state index contributed by atoms with van der Waals surface area (Å²) < 4.78 is 30.6. The lowest BCUT2D eigenvalue weighted by Crippen LogP contribution is -2.11. The van der Waals surface area contributed by atoms with Crippen molar-refractivity contribution in [3.05, 3.63) is 77.6 Å². The lowest BCUT2D eigenvalue weighted by Gasteiger charge is -2.05. The topological polar surface area (TPSA) is 76.4 Å². The van der Waals surface area contributed by atoms with Gasteiger partial charge in [-0.05, 0) is 61.7 Å². The van der Waals surface area contributed by atoms with E-state index in [-0.39, 0.29) is 15.7 Å². The maximum absolute atomic E-state index is 12.6. The molecular formula is C22H23NO4S. The van der Waals surface area contributed by atoms with E-state index in [0.717, 1.165) is 24.8 Å². The first kappa shape index (κ1) is 19.9. The molecule has 0 aliphatic heterocycles. The third-order valence-electron chi connectivity index (χ3n) is 4.43. The summed E-state index contributed by atoms with van der Waals surface area (Å²) >= 11 is 0. The third-order valence-corrected chi connectivity index (χ3v) is 6.07. The van der Waals surface area contributed by atoms with E-state index in [4.69, 9.17) is 4.42 Å². The van der Waals surface area contributed by atoms with Crippen LogP contribution < -0.4 is 5.32 Å². The van der Waals surface area contributed by atoms with Gasteiger partial charge in [-0.2, -0.15) is 0 Å². The molecule has 0 fully saturated rings. The predicted molar refractivity (Wildman–Crippen MR) is 108 cm³/mol. The van der Waals surface area contributed by atoms with Gasteiger partial charge in [-0.1, -0.05) is 43.2 Å². The molecule has 0 saturated carbocycles. The van der Waals surface area contributed by atoms with Crippen LogP contribution in [0.4, 0.5) is 5.69 Å². The molecule has 1 aromatic heterocycles. The summed E-state index contributed by atoms with van der Waals surface area (Å²) in [6.45, 7) is 4.02. The molecule has 0 atom stereocenters. The molecule has 1 heterocycles. The number of aryl methyl sites for hydroxylation is 2. The molecule has 5 nitrogen and oxygen atoms in total. The molecule has 0 saturated heterocycles. The number of carbonyl (C=O) groups is 1. The maximum Gasteiger partial charge on any atom is 0.291 e. The Hall–Kier alpha value is -2.86. The van der Waals surface area contributed by atoms with Gasteiger partial charge in [-0.25, -0.2) is 8.42 Å². The molecule has 0 bridgehead atoms. The number of hydrogen-bond acceptors (Lipinski definition) is 4. The summed E-state index contributed by atoms with van der Waals surface area (Å²) in [6, 6.07) is 16.7. The zero-order chi connectivity index (χ0) is 20.1. The van der Waals surface area contributed by atoms with Gasteiger partial charge in [0.05, 0.1) is 4.90 Å². The van der Waals surface area contributed by atoms with Gasteiger partial charge in [0.15, 0.2) is 5.76 Å². The van der Waals surface area contributed by atoms with Crippen LogP contribution in [-0.2, 0) is 16.3 Å². The number of carbonyl (C=O) groups excluding carboxylic acids is 1. The second-order valence-corrected chi connectivity index (χ2v) is 8.57. The number of rotatable bonds is 7. The van der Waals surface area contributed by atoms with Crippen LogP contribution >= 0.6 is 0 Å². The quantitative estimate of drug-likeness (QED) is 0.608. The Morgan fingerprint density at radius 3 is 2.29 bits per heavy atom. The maximum atomic E-state index is 12.6. The fourth-order valence-corrected chi connectivity index (χ4v) is 3.92. The van der Waals surface area contributed by atoms with Crippen LogP contribution in [0.3, 0.4) is 0 Å². The molecule has 0 spiro atoms. The van der Waals surface area contributed by atoms with Gasteiger partial charge in [-0.3, -0.25) is 4.79 Å². The predicted octanol–water partition coefficient (Wildman–Crippen LogP) is 5.02. The number of anilines is 1. The zero-order valence-electron chi connectivity index (χ0n) is 15.9. The summed E-state index contributed by atoms with van der Waals surface area (Å²) in [5.74, 6) is -0.549. The lowest BCUT2D eigenvalue weighted by atomic mass is 10.1. The minimum absolute atomic E-state index is 0.0549. The summed E-state index contributed by atoms with van der Waals surface area (Å²) in [5.41, 5.74) is 2.80. The van der Waals surface area contributed by atoms with Gasteiger partial charge in [0, 0.05) is 5.69 Å². The number of hydrogen-bond donors (Lipinski definition) is 1. The number of amides is 1. The van der Waals surface area contributed by atoms with Crippen molar-refractivity contribution in [2.45, 2.75) is 43.1 Å². The lowest BCUT2D eigenvalue weighted by molar-refractivity contribution is 0.0991. The second kappa shape index (κ2) is 8.44. The molecule has 2 aromatic carbocycles. The Labute approximate surface area is 165 Å². The molecule has 146 valence electrons. The third kappa shape index (κ3) is 4.51. The first-order valence-electron chi connectivity index (χ1n) is 9.22. The van der Waals surface area contributed by atoms with E-state index < -0.39 is 15.7 Å². The van der Waals surface area contributed by atoms with Crippen molar-refractivity contribution < 1.29 is 17.6 Å². The van der Waals surface area contributed by atoms with E-state index in [9.17, 15) is 13.2 Å². The number of unbranched alkanes of at least 4 members (excludes halogenated alkanes) is 1. The SMILES string of the molecule is CCCCc1ccc(NC(=O)c2ccc(S(=O)(=O)c3ccc(C)cc3)o2)cc1. The molecule has 0 radical (unpaired) electrons. The van der Waals surface area contributed by atoms with Crippen LogP contribution in [0, 0.1) is 6.92 Å². The molecule has 0 aliphatic rings. The van der Waals surface area contributed by atoms with Crippen molar-refractivity contribution in [1.29, 1.82) is 0 Å². The van der Waals surface area contributed by atoms with Gasteiger partial charge in [0.1, 0.15) is 0 Å². The minimum atomic E-state index is -3.80. The van der Waals surface area contributed by atoms with E-state index in [1.807, 2.05) is 31.2 Å². The summed E-state index contributed by atoms with van der Waals surface area (Å²) in [7, 11) is -3.80. The van der Waals surface area contributed by atoms with Gasteiger partial charge >= 0.3 is 0 Å². The molecule has 0 aliphatic carbocycles. The Morgan fingerprint density at radius 1 is 0.964 bits per heavy atom. The van der Waals surface area contributed by atoms with Gasteiger partial charge in [-0.15, -0.1) is 0 Å². The molecule has 3 aromatic rings. The zero-order valence-corrected chi connectivity index (χ0v) is 16.8. The van der Waals surface area contributed by atoms with E-state index >= 15 is 0 Å². The highest BCUT2D eigenvalue weighted by molar-refractivity contribution is 7.91.